The van der Waals surface area contributed by atoms with E-state index in [0.29, 0.717) is 16.7 Å². The predicted octanol–water partition coefficient (Wildman–Crippen LogP) is 3.92. The van der Waals surface area contributed by atoms with Crippen LogP contribution >= 0.6 is 0 Å². The number of esters is 1. The van der Waals surface area contributed by atoms with Crippen molar-refractivity contribution in [2.75, 3.05) is 7.11 Å². The second-order valence-corrected chi connectivity index (χ2v) is 7.14. The number of carbonyl (C=O) groups excluding carboxylic acids is 2. The molecule has 6 nitrogen and oxygen atoms in total. The number of hydrogen-bond donors (Lipinski definition) is 3. The zero-order valence-corrected chi connectivity index (χ0v) is 17.6. The van der Waals surface area contributed by atoms with Crippen LogP contribution in [0.1, 0.15) is 44.3 Å². The number of nitrogen functional groups attached to an aromatic ring is 1. The van der Waals surface area contributed by atoms with E-state index in [4.69, 9.17) is 15.9 Å². The molecule has 0 spiro atoms. The molecular formula is C25H25N3O3. The van der Waals surface area contributed by atoms with Crippen LogP contribution < -0.4 is 11.1 Å². The van der Waals surface area contributed by atoms with E-state index in [1.165, 1.54) is 12.7 Å². The predicted molar refractivity (Wildman–Crippen MR) is 121 cm³/mol. The maximum atomic E-state index is 12.5. The van der Waals surface area contributed by atoms with Crippen LogP contribution in [0.4, 0.5) is 0 Å². The molecule has 0 aromatic heterocycles. The van der Waals surface area contributed by atoms with Crippen molar-refractivity contribution < 1.29 is 14.3 Å². The molecule has 3 aromatic rings. The first-order chi connectivity index (χ1) is 14.9. The molecule has 4 N–H and O–H groups in total. The van der Waals surface area contributed by atoms with E-state index in [1.54, 1.807) is 42.5 Å². The molecule has 0 atom stereocenters. The molecule has 6 heteroatoms. The molecule has 0 saturated carbocycles. The van der Waals surface area contributed by atoms with Gasteiger partial charge in [-0.1, -0.05) is 37.3 Å². The molecule has 0 radical (unpaired) electrons. The lowest BCUT2D eigenvalue weighted by atomic mass is 9.98. The van der Waals surface area contributed by atoms with Crippen LogP contribution in [0.3, 0.4) is 0 Å². The summed E-state index contributed by atoms with van der Waals surface area (Å²) in [5.41, 5.74) is 10.6. The molecule has 3 rings (SSSR count). The van der Waals surface area contributed by atoms with Gasteiger partial charge in [-0.3, -0.25) is 10.2 Å². The summed E-state index contributed by atoms with van der Waals surface area (Å²) in [5, 5.41) is 10.6. The van der Waals surface area contributed by atoms with Crippen LogP contribution in [-0.4, -0.2) is 24.8 Å². The quantitative estimate of drug-likeness (QED) is 0.309. The Kier molecular flexibility index (Phi) is 6.82. The molecule has 0 aliphatic heterocycles. The fraction of sp³-hybridized carbons (Fsp3) is 0.160. The minimum absolute atomic E-state index is 0.0347. The Bertz CT molecular complexity index is 1120. The van der Waals surface area contributed by atoms with E-state index in [1.807, 2.05) is 24.3 Å². The molecule has 3 aromatic carbocycles. The smallest absolute Gasteiger partial charge is 0.337 e. The summed E-state index contributed by atoms with van der Waals surface area (Å²) in [6.45, 7) is 2.31. The van der Waals surface area contributed by atoms with Crippen LogP contribution in [0.2, 0.25) is 0 Å². The van der Waals surface area contributed by atoms with Crippen LogP contribution in [0.5, 0.6) is 0 Å². The molecule has 158 valence electrons. The fourth-order valence-corrected chi connectivity index (χ4v) is 3.24. The van der Waals surface area contributed by atoms with E-state index < -0.39 is 5.97 Å². The van der Waals surface area contributed by atoms with Crippen molar-refractivity contribution in [2.24, 2.45) is 5.73 Å². The molecule has 31 heavy (non-hydrogen) atoms. The number of aryl methyl sites for hydroxylation is 1. The zero-order chi connectivity index (χ0) is 22.4. The minimum atomic E-state index is -0.465. The van der Waals surface area contributed by atoms with Crippen LogP contribution in [0, 0.1) is 5.41 Å². The van der Waals surface area contributed by atoms with Gasteiger partial charge in [0.1, 0.15) is 5.84 Å². The Morgan fingerprint density at radius 2 is 1.61 bits per heavy atom. The molecule has 0 unspecified atom stereocenters. The average molecular weight is 415 g/mol. The van der Waals surface area contributed by atoms with Gasteiger partial charge in [-0.15, -0.1) is 0 Å². The number of rotatable bonds is 7. The summed E-state index contributed by atoms with van der Waals surface area (Å²) < 4.78 is 4.88. The van der Waals surface area contributed by atoms with Crippen LogP contribution in [-0.2, 0) is 17.7 Å². The number of nitrogens with one attached hydrogen (secondary N) is 2. The second kappa shape index (κ2) is 9.71. The zero-order valence-electron chi connectivity index (χ0n) is 17.6. The minimum Gasteiger partial charge on any atom is -0.465 e. The van der Waals surface area contributed by atoms with Gasteiger partial charge < -0.3 is 15.8 Å². The van der Waals surface area contributed by atoms with E-state index in [-0.39, 0.29) is 18.3 Å². The maximum absolute atomic E-state index is 12.5. The molecule has 0 aliphatic carbocycles. The number of amides is 1. The fourth-order valence-electron chi connectivity index (χ4n) is 3.24. The average Bonchev–Trinajstić information content (AvgIpc) is 2.81. The summed E-state index contributed by atoms with van der Waals surface area (Å²) >= 11 is 0. The highest BCUT2D eigenvalue weighted by Crippen LogP contribution is 2.24. The molecule has 0 fully saturated rings. The Hall–Kier alpha value is -3.93. The van der Waals surface area contributed by atoms with E-state index in [0.717, 1.165) is 23.1 Å². The van der Waals surface area contributed by atoms with E-state index >= 15 is 0 Å². The Labute approximate surface area is 181 Å². The SMILES string of the molecule is CCc1ccc(C(=O)NCc2cc(C(=O)OC)cc(-c3cccc(C(=N)N)c3)c2)cc1. The van der Waals surface area contributed by atoms with Gasteiger partial charge in [0.15, 0.2) is 0 Å². The molecule has 0 saturated heterocycles. The van der Waals surface area contributed by atoms with Gasteiger partial charge in [0.05, 0.1) is 12.7 Å². The number of amidine groups is 1. The molecule has 0 bridgehead atoms. The molecular weight excluding hydrogens is 390 g/mol. The highest BCUT2D eigenvalue weighted by molar-refractivity contribution is 5.97. The summed E-state index contributed by atoms with van der Waals surface area (Å²) in [6, 6.07) is 20.0. The first kappa shape index (κ1) is 21.8. The van der Waals surface area contributed by atoms with Crippen molar-refractivity contribution in [1.29, 1.82) is 5.41 Å². The third kappa shape index (κ3) is 5.36. The lowest BCUT2D eigenvalue weighted by molar-refractivity contribution is 0.0600. The number of nitrogens with two attached hydrogens (primary N) is 1. The first-order valence-electron chi connectivity index (χ1n) is 9.95. The van der Waals surface area contributed by atoms with Crippen molar-refractivity contribution in [2.45, 2.75) is 19.9 Å². The number of carbonyl (C=O) groups is 2. The monoisotopic (exact) mass is 415 g/mol. The Morgan fingerprint density at radius 1 is 0.903 bits per heavy atom. The van der Waals surface area contributed by atoms with Gasteiger partial charge in [0, 0.05) is 17.7 Å². The largest absolute Gasteiger partial charge is 0.465 e. The topological polar surface area (TPSA) is 105 Å². The Morgan fingerprint density at radius 3 is 2.26 bits per heavy atom. The highest BCUT2D eigenvalue weighted by Gasteiger charge is 2.12. The Balaban J connectivity index is 1.88. The maximum Gasteiger partial charge on any atom is 0.337 e. The van der Waals surface area contributed by atoms with Gasteiger partial charge >= 0.3 is 5.97 Å². The van der Waals surface area contributed by atoms with Crippen LogP contribution in [0.15, 0.2) is 66.7 Å². The summed E-state index contributed by atoms with van der Waals surface area (Å²) in [7, 11) is 1.33. The lowest BCUT2D eigenvalue weighted by Gasteiger charge is -2.11. The van der Waals surface area contributed by atoms with Crippen molar-refractivity contribution in [3.05, 3.63) is 94.5 Å². The number of hydrogen-bond acceptors (Lipinski definition) is 4. The molecule has 1 amide bonds. The van der Waals surface area contributed by atoms with Crippen molar-refractivity contribution >= 4 is 17.7 Å². The van der Waals surface area contributed by atoms with Crippen molar-refractivity contribution in [3.8, 4) is 11.1 Å². The second-order valence-electron chi connectivity index (χ2n) is 7.14. The van der Waals surface area contributed by atoms with E-state index in [9.17, 15) is 9.59 Å². The summed E-state index contributed by atoms with van der Waals surface area (Å²) in [6.07, 6.45) is 0.913. The normalized spacial score (nSPS) is 10.4. The lowest BCUT2D eigenvalue weighted by Crippen LogP contribution is -2.23. The number of ether oxygens (including phenoxy) is 1. The van der Waals surface area contributed by atoms with Gasteiger partial charge in [-0.25, -0.2) is 4.79 Å². The van der Waals surface area contributed by atoms with Gasteiger partial charge in [0.2, 0.25) is 0 Å². The highest BCUT2D eigenvalue weighted by atomic mass is 16.5. The van der Waals surface area contributed by atoms with Gasteiger partial charge in [0.25, 0.3) is 5.91 Å². The summed E-state index contributed by atoms with van der Waals surface area (Å²) in [4.78, 5) is 24.7. The third-order valence-electron chi connectivity index (χ3n) is 5.00. The number of methoxy groups -OCH3 is 1. The standard InChI is InChI=1S/C25H25N3O3/c1-3-16-7-9-18(10-8-16)24(29)28-15-17-11-21(14-22(12-17)25(30)31-2)19-5-4-6-20(13-19)23(26)27/h4-14H,3,15H2,1-2H3,(H3,26,27)(H,28,29). The first-order valence-corrected chi connectivity index (χ1v) is 9.95. The van der Waals surface area contributed by atoms with Crippen molar-refractivity contribution in [1.82, 2.24) is 5.32 Å². The van der Waals surface area contributed by atoms with E-state index in [2.05, 4.69) is 12.2 Å². The third-order valence-corrected chi connectivity index (χ3v) is 5.00. The molecule has 0 heterocycles. The van der Waals surface area contributed by atoms with Gasteiger partial charge in [-0.05, 0) is 65.1 Å². The summed E-state index contributed by atoms with van der Waals surface area (Å²) in [5.74, 6) is -0.689. The van der Waals surface area contributed by atoms with Crippen LogP contribution in [0.25, 0.3) is 11.1 Å². The van der Waals surface area contributed by atoms with Gasteiger partial charge in [-0.2, -0.15) is 0 Å². The number of benzene rings is 3. The molecule has 0 aliphatic rings. The van der Waals surface area contributed by atoms with Crippen molar-refractivity contribution in [3.63, 3.8) is 0 Å².